The minimum Gasteiger partial charge on any atom is -0.399 e. The third-order valence-corrected chi connectivity index (χ3v) is 3.83. The molecule has 3 N–H and O–H groups in total. The van der Waals surface area contributed by atoms with E-state index in [4.69, 9.17) is 5.73 Å². The maximum Gasteiger partial charge on any atom is 0.243 e. The van der Waals surface area contributed by atoms with Crippen molar-refractivity contribution in [2.45, 2.75) is 19.4 Å². The molecule has 4 heteroatoms. The molecule has 21 heavy (non-hydrogen) atoms. The molecule has 1 heterocycles. The minimum atomic E-state index is -0.0239. The lowest BCUT2D eigenvalue weighted by molar-refractivity contribution is -0.115. The molecule has 0 radical (unpaired) electrons. The van der Waals surface area contributed by atoms with Gasteiger partial charge < -0.3 is 16.0 Å². The van der Waals surface area contributed by atoms with Crippen LogP contribution in [0.5, 0.6) is 0 Å². The van der Waals surface area contributed by atoms with Gasteiger partial charge in [-0.3, -0.25) is 4.79 Å². The number of hydrogen-bond acceptors (Lipinski definition) is 3. The average molecular weight is 281 g/mol. The van der Waals surface area contributed by atoms with Gasteiger partial charge in [0.1, 0.15) is 0 Å². The molecule has 108 valence electrons. The monoisotopic (exact) mass is 281 g/mol. The zero-order valence-corrected chi connectivity index (χ0v) is 12.0. The van der Waals surface area contributed by atoms with Crippen molar-refractivity contribution in [1.82, 2.24) is 0 Å². The molecule has 1 unspecified atom stereocenters. The fraction of sp³-hybridized carbons (Fsp3) is 0.235. The van der Waals surface area contributed by atoms with Crippen LogP contribution in [0.2, 0.25) is 0 Å². The van der Waals surface area contributed by atoms with Crippen LogP contribution in [-0.4, -0.2) is 18.5 Å². The van der Waals surface area contributed by atoms with E-state index in [0.717, 1.165) is 17.8 Å². The van der Waals surface area contributed by atoms with Crippen molar-refractivity contribution in [3.05, 3.63) is 54.1 Å². The van der Waals surface area contributed by atoms with Gasteiger partial charge in [-0.25, -0.2) is 0 Å². The number of hydrogen-bond donors (Lipinski definition) is 2. The van der Waals surface area contributed by atoms with Crippen LogP contribution >= 0.6 is 0 Å². The van der Waals surface area contributed by atoms with Gasteiger partial charge in [0.05, 0.1) is 6.54 Å². The molecule has 0 saturated carbocycles. The number of nitrogens with zero attached hydrogens (tertiary/aromatic N) is 1. The summed E-state index contributed by atoms with van der Waals surface area (Å²) in [7, 11) is 0. The molecule has 0 fully saturated rings. The molecular formula is C17H19N3O. The van der Waals surface area contributed by atoms with Gasteiger partial charge in [-0.05, 0) is 43.2 Å². The zero-order valence-electron chi connectivity index (χ0n) is 12.0. The second kappa shape index (κ2) is 5.48. The number of carbonyl (C=O) groups is 1. The van der Waals surface area contributed by atoms with Crippen molar-refractivity contribution >= 4 is 23.0 Å². The van der Waals surface area contributed by atoms with Crippen LogP contribution in [0.4, 0.5) is 17.1 Å². The van der Waals surface area contributed by atoms with Crippen LogP contribution in [-0.2, 0) is 11.2 Å². The molecule has 3 rings (SSSR count). The second-order valence-electron chi connectivity index (χ2n) is 5.48. The third kappa shape index (κ3) is 2.84. The lowest BCUT2D eigenvalue weighted by Crippen LogP contribution is -2.37. The van der Waals surface area contributed by atoms with E-state index in [1.807, 2.05) is 24.3 Å². The maximum atomic E-state index is 12.2. The lowest BCUT2D eigenvalue weighted by atomic mass is 10.1. The van der Waals surface area contributed by atoms with E-state index < -0.39 is 0 Å². The number of fused-ring (bicyclic) bond motifs is 1. The molecule has 0 aromatic heterocycles. The number of rotatable bonds is 3. The summed E-state index contributed by atoms with van der Waals surface area (Å²) in [5.74, 6) is -0.0239. The summed E-state index contributed by atoms with van der Waals surface area (Å²) in [6.45, 7) is 2.50. The number of anilines is 3. The Morgan fingerprint density at radius 2 is 2.10 bits per heavy atom. The highest BCUT2D eigenvalue weighted by molar-refractivity contribution is 5.94. The smallest absolute Gasteiger partial charge is 0.243 e. The van der Waals surface area contributed by atoms with Gasteiger partial charge in [0.15, 0.2) is 0 Å². The molecule has 0 aliphatic carbocycles. The highest BCUT2D eigenvalue weighted by atomic mass is 16.2. The molecule has 0 spiro atoms. The lowest BCUT2D eigenvalue weighted by Gasteiger charge is -2.24. The van der Waals surface area contributed by atoms with Crippen LogP contribution in [0.25, 0.3) is 0 Å². The van der Waals surface area contributed by atoms with Gasteiger partial charge in [0.25, 0.3) is 0 Å². The molecule has 1 atom stereocenters. The fourth-order valence-electron chi connectivity index (χ4n) is 2.84. The molecule has 4 nitrogen and oxygen atoms in total. The highest BCUT2D eigenvalue weighted by Gasteiger charge is 2.26. The van der Waals surface area contributed by atoms with Crippen molar-refractivity contribution in [2.75, 3.05) is 22.5 Å². The summed E-state index contributed by atoms with van der Waals surface area (Å²) >= 11 is 0. The van der Waals surface area contributed by atoms with E-state index in [9.17, 15) is 4.79 Å². The van der Waals surface area contributed by atoms with Gasteiger partial charge in [-0.15, -0.1) is 0 Å². The number of benzene rings is 2. The normalized spacial score (nSPS) is 16.6. The number of nitrogens with two attached hydrogens (primary N) is 1. The van der Waals surface area contributed by atoms with Crippen molar-refractivity contribution in [3.63, 3.8) is 0 Å². The van der Waals surface area contributed by atoms with Crippen LogP contribution in [0.1, 0.15) is 12.5 Å². The summed E-state index contributed by atoms with van der Waals surface area (Å²) in [5.41, 5.74) is 9.57. The Balaban J connectivity index is 1.70. The Morgan fingerprint density at radius 1 is 1.29 bits per heavy atom. The quantitative estimate of drug-likeness (QED) is 0.850. The molecule has 2 aromatic carbocycles. The first kappa shape index (κ1) is 13.5. The third-order valence-electron chi connectivity index (χ3n) is 3.83. The molecule has 2 aromatic rings. The van der Waals surface area contributed by atoms with E-state index in [2.05, 4.69) is 29.3 Å². The van der Waals surface area contributed by atoms with E-state index in [1.165, 1.54) is 5.56 Å². The van der Waals surface area contributed by atoms with Crippen LogP contribution in [0.15, 0.2) is 48.5 Å². The van der Waals surface area contributed by atoms with Crippen LogP contribution in [0, 0.1) is 0 Å². The summed E-state index contributed by atoms with van der Waals surface area (Å²) in [4.78, 5) is 14.4. The maximum absolute atomic E-state index is 12.2. The fourth-order valence-corrected chi connectivity index (χ4v) is 2.84. The Morgan fingerprint density at radius 3 is 2.90 bits per heavy atom. The summed E-state index contributed by atoms with van der Waals surface area (Å²) < 4.78 is 0. The number of nitrogens with one attached hydrogen (secondary N) is 1. The molecular weight excluding hydrogens is 262 g/mol. The molecule has 0 saturated heterocycles. The Kier molecular flexibility index (Phi) is 3.52. The first-order valence-corrected chi connectivity index (χ1v) is 7.13. The predicted molar refractivity (Wildman–Crippen MR) is 86.4 cm³/mol. The number of carbonyl (C=O) groups excluding carboxylic acids is 1. The van der Waals surface area contributed by atoms with E-state index >= 15 is 0 Å². The Hall–Kier alpha value is -2.49. The van der Waals surface area contributed by atoms with E-state index in [-0.39, 0.29) is 5.91 Å². The van der Waals surface area contributed by atoms with Gasteiger partial charge >= 0.3 is 0 Å². The summed E-state index contributed by atoms with van der Waals surface area (Å²) in [5, 5.41) is 2.90. The van der Waals surface area contributed by atoms with Crippen molar-refractivity contribution in [1.29, 1.82) is 0 Å². The van der Waals surface area contributed by atoms with Crippen LogP contribution < -0.4 is 16.0 Å². The predicted octanol–water partition coefficient (Wildman–Crippen LogP) is 2.66. The molecule has 0 bridgehead atoms. The first-order chi connectivity index (χ1) is 10.1. The van der Waals surface area contributed by atoms with Crippen molar-refractivity contribution in [2.24, 2.45) is 0 Å². The van der Waals surface area contributed by atoms with Crippen LogP contribution in [0.3, 0.4) is 0 Å². The van der Waals surface area contributed by atoms with Gasteiger partial charge in [0.2, 0.25) is 5.91 Å². The van der Waals surface area contributed by atoms with Crippen molar-refractivity contribution < 1.29 is 4.79 Å². The zero-order chi connectivity index (χ0) is 14.8. The standard InChI is InChI=1S/C17H19N3O/c1-12-9-13-5-2-3-8-16(13)20(12)11-17(21)19-15-7-4-6-14(18)10-15/h2-8,10,12H,9,11,18H2,1H3,(H,19,21). The number of nitrogen functional groups attached to an aromatic ring is 1. The van der Waals surface area contributed by atoms with Gasteiger partial charge in [-0.2, -0.15) is 0 Å². The average Bonchev–Trinajstić information content (AvgIpc) is 2.75. The largest absolute Gasteiger partial charge is 0.399 e. The van der Waals surface area contributed by atoms with E-state index in [1.54, 1.807) is 12.1 Å². The van der Waals surface area contributed by atoms with Gasteiger partial charge in [-0.1, -0.05) is 24.3 Å². The van der Waals surface area contributed by atoms with Gasteiger partial charge in [0, 0.05) is 23.1 Å². The number of amides is 1. The molecule has 1 amide bonds. The molecule has 1 aliphatic rings. The van der Waals surface area contributed by atoms with Crippen molar-refractivity contribution in [3.8, 4) is 0 Å². The summed E-state index contributed by atoms with van der Waals surface area (Å²) in [6, 6.07) is 15.8. The highest BCUT2D eigenvalue weighted by Crippen LogP contribution is 2.31. The SMILES string of the molecule is CC1Cc2ccccc2N1CC(=O)Nc1cccc(N)c1. The topological polar surface area (TPSA) is 58.4 Å². The van der Waals surface area contributed by atoms with E-state index in [0.29, 0.717) is 18.3 Å². The Bertz CT molecular complexity index is 669. The first-order valence-electron chi connectivity index (χ1n) is 7.13. The Labute approximate surface area is 124 Å². The summed E-state index contributed by atoms with van der Waals surface area (Å²) in [6.07, 6.45) is 0.988. The second-order valence-corrected chi connectivity index (χ2v) is 5.48. The minimum absolute atomic E-state index is 0.0239. The molecule has 1 aliphatic heterocycles. The number of para-hydroxylation sites is 1.